The van der Waals surface area contributed by atoms with E-state index in [0.717, 1.165) is 16.1 Å². The molecule has 0 aliphatic carbocycles. The van der Waals surface area contributed by atoms with Crippen LogP contribution in [-0.4, -0.2) is 56.6 Å². The summed E-state index contributed by atoms with van der Waals surface area (Å²) in [4.78, 5) is 27.8. The monoisotopic (exact) mass is 537 g/mol. The van der Waals surface area contributed by atoms with Gasteiger partial charge in [0.25, 0.3) is 0 Å². The van der Waals surface area contributed by atoms with Crippen molar-refractivity contribution in [1.29, 1.82) is 0 Å². The third kappa shape index (κ3) is 8.34. The van der Waals surface area contributed by atoms with Crippen molar-refractivity contribution < 1.29 is 22.7 Å². The Labute approximate surface area is 225 Å². The Hall–Kier alpha value is -3.85. The second-order valence-electron chi connectivity index (χ2n) is 9.34. The molecule has 0 saturated carbocycles. The molecule has 3 aromatic carbocycles. The van der Waals surface area contributed by atoms with Gasteiger partial charge < -0.3 is 15.0 Å². The minimum absolute atomic E-state index is 0.0971. The largest absolute Gasteiger partial charge is 0.457 e. The molecular weight excluding hydrogens is 502 g/mol. The van der Waals surface area contributed by atoms with Crippen LogP contribution in [0.15, 0.2) is 84.9 Å². The third-order valence-electron chi connectivity index (χ3n) is 5.87. The van der Waals surface area contributed by atoms with Crippen LogP contribution in [0.5, 0.6) is 11.5 Å². The summed E-state index contributed by atoms with van der Waals surface area (Å²) in [7, 11) is -3.81. The van der Waals surface area contributed by atoms with Gasteiger partial charge in [-0.1, -0.05) is 48.5 Å². The van der Waals surface area contributed by atoms with Crippen molar-refractivity contribution in [2.45, 2.75) is 39.3 Å². The molecular formula is C29H35N3O5S. The summed E-state index contributed by atoms with van der Waals surface area (Å²) in [5.74, 6) is 0.415. The van der Waals surface area contributed by atoms with Crippen molar-refractivity contribution >= 4 is 27.5 Å². The molecule has 1 N–H and O–H groups in total. The molecule has 0 saturated heterocycles. The van der Waals surface area contributed by atoms with Gasteiger partial charge in [0.1, 0.15) is 24.1 Å². The van der Waals surface area contributed by atoms with Crippen molar-refractivity contribution in [2.75, 3.05) is 23.7 Å². The third-order valence-corrected chi connectivity index (χ3v) is 7.01. The van der Waals surface area contributed by atoms with Crippen LogP contribution in [0.3, 0.4) is 0 Å². The van der Waals surface area contributed by atoms with Gasteiger partial charge in [-0.2, -0.15) is 0 Å². The molecule has 202 valence electrons. The minimum atomic E-state index is -3.81. The lowest BCUT2D eigenvalue weighted by molar-refractivity contribution is -0.139. The zero-order valence-electron chi connectivity index (χ0n) is 22.2. The zero-order chi connectivity index (χ0) is 27.7. The van der Waals surface area contributed by atoms with Crippen molar-refractivity contribution in [1.82, 2.24) is 10.2 Å². The molecule has 0 radical (unpaired) electrons. The quantitative estimate of drug-likeness (QED) is 0.373. The van der Waals surface area contributed by atoms with Crippen LogP contribution in [0.2, 0.25) is 0 Å². The van der Waals surface area contributed by atoms with Crippen LogP contribution < -0.4 is 14.4 Å². The standard InChI is InChI=1S/C29H35N3O5S/c1-22(2)30-29(34)23(3)31(20-19-24-11-7-5-8-12-24)28(33)21-32(38(4,35)36)25-15-17-27(18-16-25)37-26-13-9-6-10-14-26/h5-18,22-23H,19-21H2,1-4H3,(H,30,34)/t23-/m1/s1. The maximum Gasteiger partial charge on any atom is 0.244 e. The first kappa shape index (κ1) is 28.7. The normalized spacial score (nSPS) is 12.0. The van der Waals surface area contributed by atoms with Crippen LogP contribution in [0, 0.1) is 0 Å². The smallest absolute Gasteiger partial charge is 0.244 e. The van der Waals surface area contributed by atoms with Crippen LogP contribution in [0.25, 0.3) is 0 Å². The maximum absolute atomic E-state index is 13.5. The molecule has 0 aliphatic rings. The average molecular weight is 538 g/mol. The number of hydrogen-bond donors (Lipinski definition) is 1. The number of nitrogens with zero attached hydrogens (tertiary/aromatic N) is 2. The number of carbonyl (C=O) groups is 2. The number of rotatable bonds is 12. The van der Waals surface area contributed by atoms with Crippen LogP contribution in [0.4, 0.5) is 5.69 Å². The van der Waals surface area contributed by atoms with E-state index in [2.05, 4.69) is 5.32 Å². The zero-order valence-corrected chi connectivity index (χ0v) is 23.0. The van der Waals surface area contributed by atoms with E-state index < -0.39 is 28.5 Å². The number of ether oxygens (including phenoxy) is 1. The van der Waals surface area contributed by atoms with Gasteiger partial charge in [-0.3, -0.25) is 13.9 Å². The first-order valence-electron chi connectivity index (χ1n) is 12.5. The van der Waals surface area contributed by atoms with Crippen molar-refractivity contribution in [3.63, 3.8) is 0 Å². The molecule has 0 heterocycles. The fourth-order valence-corrected chi connectivity index (χ4v) is 4.74. The molecule has 0 aliphatic heterocycles. The molecule has 0 unspecified atom stereocenters. The Kier molecular flexibility index (Phi) is 9.90. The molecule has 9 heteroatoms. The highest BCUT2D eigenvalue weighted by molar-refractivity contribution is 7.92. The van der Waals surface area contributed by atoms with Gasteiger partial charge >= 0.3 is 0 Å². The van der Waals surface area contributed by atoms with E-state index in [9.17, 15) is 18.0 Å². The predicted molar refractivity (Wildman–Crippen MR) is 150 cm³/mol. The van der Waals surface area contributed by atoms with Crippen molar-refractivity contribution in [3.8, 4) is 11.5 Å². The molecule has 0 spiro atoms. The highest BCUT2D eigenvalue weighted by atomic mass is 32.2. The van der Waals surface area contributed by atoms with Crippen molar-refractivity contribution in [3.05, 3.63) is 90.5 Å². The first-order valence-corrected chi connectivity index (χ1v) is 14.3. The van der Waals surface area contributed by atoms with Gasteiger partial charge in [0, 0.05) is 12.6 Å². The molecule has 2 amide bonds. The number of nitrogens with one attached hydrogen (secondary N) is 1. The second-order valence-corrected chi connectivity index (χ2v) is 11.2. The number of amides is 2. The Morgan fingerprint density at radius 3 is 1.95 bits per heavy atom. The second kappa shape index (κ2) is 13.1. The maximum atomic E-state index is 13.5. The van der Waals surface area contributed by atoms with Crippen LogP contribution in [0.1, 0.15) is 26.3 Å². The highest BCUT2D eigenvalue weighted by Gasteiger charge is 2.30. The Bertz CT molecular complexity index is 1300. The van der Waals surface area contributed by atoms with E-state index in [4.69, 9.17) is 4.74 Å². The minimum Gasteiger partial charge on any atom is -0.457 e. The number of carbonyl (C=O) groups excluding carboxylic acids is 2. The topological polar surface area (TPSA) is 96.0 Å². The summed E-state index contributed by atoms with van der Waals surface area (Å²) in [6.07, 6.45) is 1.58. The van der Waals surface area contributed by atoms with Gasteiger partial charge in [0.05, 0.1) is 11.9 Å². The van der Waals surface area contributed by atoms with E-state index >= 15 is 0 Å². The van der Waals surface area contributed by atoms with E-state index in [-0.39, 0.29) is 18.5 Å². The lowest BCUT2D eigenvalue weighted by atomic mass is 10.1. The molecule has 3 rings (SSSR count). The Morgan fingerprint density at radius 1 is 0.842 bits per heavy atom. The number of hydrogen-bond acceptors (Lipinski definition) is 5. The SMILES string of the molecule is CC(C)NC(=O)[C@@H](C)N(CCc1ccccc1)C(=O)CN(c1ccc(Oc2ccccc2)cc1)S(C)(=O)=O. The molecule has 0 fully saturated rings. The lowest BCUT2D eigenvalue weighted by Gasteiger charge is -2.32. The van der Waals surface area contributed by atoms with Crippen LogP contribution >= 0.6 is 0 Å². The number of sulfonamides is 1. The van der Waals surface area contributed by atoms with Crippen LogP contribution in [-0.2, 0) is 26.0 Å². The fraction of sp³-hybridized carbons (Fsp3) is 0.310. The molecule has 0 aromatic heterocycles. The Balaban J connectivity index is 1.81. The van der Waals surface area contributed by atoms with E-state index in [1.807, 2.05) is 74.5 Å². The van der Waals surface area contributed by atoms with Gasteiger partial charge in [-0.15, -0.1) is 0 Å². The summed E-state index contributed by atoms with van der Waals surface area (Å²) in [5, 5.41) is 2.84. The van der Waals surface area contributed by atoms with Gasteiger partial charge in [0.15, 0.2) is 0 Å². The summed E-state index contributed by atoms with van der Waals surface area (Å²) in [5.41, 5.74) is 1.33. The highest BCUT2D eigenvalue weighted by Crippen LogP contribution is 2.25. The van der Waals surface area contributed by atoms with Crippen molar-refractivity contribution in [2.24, 2.45) is 0 Å². The fourth-order valence-electron chi connectivity index (χ4n) is 3.89. The van der Waals surface area contributed by atoms with E-state index in [0.29, 0.717) is 23.6 Å². The molecule has 8 nitrogen and oxygen atoms in total. The van der Waals surface area contributed by atoms with E-state index in [1.54, 1.807) is 31.2 Å². The summed E-state index contributed by atoms with van der Waals surface area (Å²) < 4.78 is 32.3. The van der Waals surface area contributed by atoms with Gasteiger partial charge in [0.2, 0.25) is 21.8 Å². The Morgan fingerprint density at radius 2 is 1.39 bits per heavy atom. The summed E-state index contributed by atoms with van der Waals surface area (Å²) in [6, 6.07) is 24.5. The predicted octanol–water partition coefficient (Wildman–Crippen LogP) is 4.23. The molecule has 0 bridgehead atoms. The summed E-state index contributed by atoms with van der Waals surface area (Å²) >= 11 is 0. The average Bonchev–Trinajstić information content (AvgIpc) is 2.88. The summed E-state index contributed by atoms with van der Waals surface area (Å²) in [6.45, 7) is 5.17. The number of anilines is 1. The number of benzene rings is 3. The lowest BCUT2D eigenvalue weighted by Crippen LogP contribution is -2.53. The number of para-hydroxylation sites is 1. The molecule has 3 aromatic rings. The molecule has 1 atom stereocenters. The first-order chi connectivity index (χ1) is 18.0. The van der Waals surface area contributed by atoms with Gasteiger partial charge in [-0.05, 0) is 69.2 Å². The van der Waals surface area contributed by atoms with E-state index in [1.165, 1.54) is 4.90 Å². The van der Waals surface area contributed by atoms with Gasteiger partial charge in [-0.25, -0.2) is 8.42 Å². The molecule has 38 heavy (non-hydrogen) atoms.